The number of hydrogen-bond donors (Lipinski definition) is 2. The Morgan fingerprint density at radius 3 is 2.59 bits per heavy atom. The molecular formula is C19H10ClF3N2O2. The Balaban J connectivity index is 2.52. The summed E-state index contributed by atoms with van der Waals surface area (Å²) in [6.07, 6.45) is -2.40. The summed E-state index contributed by atoms with van der Waals surface area (Å²) in [4.78, 5) is 15.0. The normalized spacial score (nSPS) is 11.8. The van der Waals surface area contributed by atoms with Crippen molar-refractivity contribution in [3.8, 4) is 22.9 Å². The van der Waals surface area contributed by atoms with Crippen LogP contribution in [0.15, 0.2) is 47.3 Å². The van der Waals surface area contributed by atoms with Crippen molar-refractivity contribution in [1.29, 1.82) is 5.26 Å². The van der Waals surface area contributed by atoms with Gasteiger partial charge in [0.05, 0.1) is 11.6 Å². The molecule has 2 N–H and O–H groups in total. The lowest BCUT2D eigenvalue weighted by Gasteiger charge is -2.14. The molecule has 0 aliphatic rings. The molecule has 0 fully saturated rings. The molecule has 0 amide bonds. The summed E-state index contributed by atoms with van der Waals surface area (Å²) in [5, 5.41) is 19.3. The molecule has 1 aromatic heterocycles. The Kier molecular flexibility index (Phi) is 4.68. The summed E-state index contributed by atoms with van der Waals surface area (Å²) >= 11 is 5.97. The number of rotatable bonds is 2. The van der Waals surface area contributed by atoms with Crippen molar-refractivity contribution in [1.82, 2.24) is 4.98 Å². The molecule has 0 radical (unpaired) electrons. The lowest BCUT2D eigenvalue weighted by atomic mass is 9.94. The fourth-order valence-corrected chi connectivity index (χ4v) is 2.94. The van der Waals surface area contributed by atoms with Gasteiger partial charge in [0.1, 0.15) is 5.75 Å². The SMILES string of the molecule is N#C/C=C/c1c(-c2cc(Cl)ccc2O)c2cc(C(F)(F)F)ccc2[nH]c1=O. The van der Waals surface area contributed by atoms with Gasteiger partial charge in [-0.3, -0.25) is 4.79 Å². The molecule has 0 saturated heterocycles. The van der Waals surface area contributed by atoms with Gasteiger partial charge in [0.25, 0.3) is 5.56 Å². The molecular weight excluding hydrogens is 381 g/mol. The van der Waals surface area contributed by atoms with E-state index in [-0.39, 0.29) is 38.4 Å². The van der Waals surface area contributed by atoms with Crippen molar-refractivity contribution in [2.45, 2.75) is 6.18 Å². The molecule has 0 bridgehead atoms. The summed E-state index contributed by atoms with van der Waals surface area (Å²) in [5.74, 6) is -0.268. The number of aromatic amines is 1. The number of phenolic OH excluding ortho intramolecular Hbond substituents is 1. The first-order valence-electron chi connectivity index (χ1n) is 7.54. The Morgan fingerprint density at radius 2 is 1.93 bits per heavy atom. The van der Waals surface area contributed by atoms with E-state index in [1.807, 2.05) is 0 Å². The van der Waals surface area contributed by atoms with Gasteiger partial charge >= 0.3 is 6.18 Å². The van der Waals surface area contributed by atoms with Crippen LogP contribution in [0.2, 0.25) is 5.02 Å². The van der Waals surface area contributed by atoms with Crippen LogP contribution in [0.5, 0.6) is 5.75 Å². The smallest absolute Gasteiger partial charge is 0.416 e. The van der Waals surface area contributed by atoms with Crippen LogP contribution < -0.4 is 5.56 Å². The fraction of sp³-hybridized carbons (Fsp3) is 0.0526. The van der Waals surface area contributed by atoms with Crippen LogP contribution in [-0.2, 0) is 6.18 Å². The van der Waals surface area contributed by atoms with E-state index in [9.17, 15) is 23.1 Å². The Labute approximate surface area is 155 Å². The molecule has 3 rings (SSSR count). The molecule has 27 heavy (non-hydrogen) atoms. The molecule has 8 heteroatoms. The first-order valence-corrected chi connectivity index (χ1v) is 7.92. The number of nitrogens with one attached hydrogen (secondary N) is 1. The number of nitriles is 1. The van der Waals surface area contributed by atoms with Crippen molar-refractivity contribution < 1.29 is 18.3 Å². The van der Waals surface area contributed by atoms with Gasteiger partial charge in [0.2, 0.25) is 0 Å². The van der Waals surface area contributed by atoms with E-state index in [1.54, 1.807) is 6.07 Å². The molecule has 136 valence electrons. The molecule has 2 aromatic carbocycles. The maximum absolute atomic E-state index is 13.2. The molecule has 4 nitrogen and oxygen atoms in total. The molecule has 0 spiro atoms. The highest BCUT2D eigenvalue weighted by atomic mass is 35.5. The lowest BCUT2D eigenvalue weighted by molar-refractivity contribution is -0.137. The zero-order valence-electron chi connectivity index (χ0n) is 13.4. The Morgan fingerprint density at radius 1 is 1.19 bits per heavy atom. The second kappa shape index (κ2) is 6.82. The van der Waals surface area contributed by atoms with Crippen LogP contribution in [-0.4, -0.2) is 10.1 Å². The van der Waals surface area contributed by atoms with Gasteiger partial charge < -0.3 is 10.1 Å². The van der Waals surface area contributed by atoms with E-state index in [4.69, 9.17) is 16.9 Å². The number of aromatic hydroxyl groups is 1. The summed E-state index contributed by atoms with van der Waals surface area (Å²) in [6.45, 7) is 0. The van der Waals surface area contributed by atoms with Gasteiger partial charge in [0.15, 0.2) is 0 Å². The predicted octanol–water partition coefficient (Wildman–Crippen LogP) is 5.11. The van der Waals surface area contributed by atoms with Crippen molar-refractivity contribution in [3.63, 3.8) is 0 Å². The summed E-state index contributed by atoms with van der Waals surface area (Å²) in [6, 6.07) is 8.62. The van der Waals surface area contributed by atoms with E-state index < -0.39 is 17.3 Å². The topological polar surface area (TPSA) is 76.9 Å². The number of alkyl halides is 3. The highest BCUT2D eigenvalue weighted by Crippen LogP contribution is 2.39. The first kappa shape index (κ1) is 18.5. The number of H-pyrrole nitrogens is 1. The van der Waals surface area contributed by atoms with Gasteiger partial charge in [-0.2, -0.15) is 18.4 Å². The van der Waals surface area contributed by atoms with Gasteiger partial charge in [-0.25, -0.2) is 0 Å². The minimum Gasteiger partial charge on any atom is -0.507 e. The van der Waals surface area contributed by atoms with E-state index >= 15 is 0 Å². The van der Waals surface area contributed by atoms with E-state index in [1.165, 1.54) is 24.3 Å². The first-order chi connectivity index (χ1) is 12.7. The number of aromatic nitrogens is 1. The third kappa shape index (κ3) is 3.52. The lowest BCUT2D eigenvalue weighted by Crippen LogP contribution is -2.12. The fourth-order valence-electron chi connectivity index (χ4n) is 2.76. The van der Waals surface area contributed by atoms with Crippen LogP contribution in [0.1, 0.15) is 11.1 Å². The second-order valence-electron chi connectivity index (χ2n) is 5.62. The average molecular weight is 391 g/mol. The second-order valence-corrected chi connectivity index (χ2v) is 6.06. The Bertz CT molecular complexity index is 1170. The van der Waals surface area contributed by atoms with Crippen molar-refractivity contribution in [2.24, 2.45) is 0 Å². The number of fused-ring (bicyclic) bond motifs is 1. The van der Waals surface area contributed by atoms with Crippen LogP contribution in [0.4, 0.5) is 13.2 Å². The van der Waals surface area contributed by atoms with Crippen molar-refractivity contribution in [2.75, 3.05) is 0 Å². The van der Waals surface area contributed by atoms with Crippen LogP contribution in [0.25, 0.3) is 28.1 Å². The minimum atomic E-state index is -4.60. The summed E-state index contributed by atoms with van der Waals surface area (Å²) in [7, 11) is 0. The molecule has 3 aromatic rings. The number of allylic oxidation sites excluding steroid dienone is 1. The number of benzene rings is 2. The van der Waals surface area contributed by atoms with Crippen molar-refractivity contribution >= 4 is 28.6 Å². The molecule has 1 heterocycles. The molecule has 0 aliphatic heterocycles. The third-order valence-electron chi connectivity index (χ3n) is 3.93. The summed E-state index contributed by atoms with van der Waals surface area (Å²) < 4.78 is 39.5. The highest BCUT2D eigenvalue weighted by Gasteiger charge is 2.31. The van der Waals surface area contributed by atoms with Gasteiger partial charge in [-0.15, -0.1) is 0 Å². The number of phenols is 1. The molecule has 0 atom stereocenters. The average Bonchev–Trinajstić information content (AvgIpc) is 2.60. The molecule has 0 aliphatic carbocycles. The third-order valence-corrected chi connectivity index (χ3v) is 4.17. The van der Waals surface area contributed by atoms with Gasteiger partial charge in [-0.05, 0) is 42.5 Å². The van der Waals surface area contributed by atoms with Gasteiger partial charge in [-0.1, -0.05) is 11.6 Å². The van der Waals surface area contributed by atoms with Crippen LogP contribution in [0.3, 0.4) is 0 Å². The molecule has 0 saturated carbocycles. The monoisotopic (exact) mass is 390 g/mol. The number of hydrogen-bond acceptors (Lipinski definition) is 3. The van der Waals surface area contributed by atoms with E-state index in [0.29, 0.717) is 0 Å². The number of nitrogens with zero attached hydrogens (tertiary/aromatic N) is 1. The van der Waals surface area contributed by atoms with Crippen LogP contribution >= 0.6 is 11.6 Å². The minimum absolute atomic E-state index is 0.0475. The highest BCUT2D eigenvalue weighted by molar-refractivity contribution is 6.31. The van der Waals surface area contributed by atoms with Gasteiger partial charge in [0, 0.05) is 38.7 Å². The number of halogens is 4. The standard InChI is InChI=1S/C19H10ClF3N2O2/c20-11-4-6-16(26)14(9-11)17-12(2-1-7-24)18(27)25-15-5-3-10(8-13(15)17)19(21,22)23/h1-6,8-9,26H,(H,25,27)/b2-1+. The number of pyridine rings is 1. The Hall–Kier alpha value is -3.24. The summed E-state index contributed by atoms with van der Waals surface area (Å²) in [5.41, 5.74) is -1.33. The maximum Gasteiger partial charge on any atom is 0.416 e. The largest absolute Gasteiger partial charge is 0.507 e. The van der Waals surface area contributed by atoms with E-state index in [0.717, 1.165) is 24.3 Å². The predicted molar refractivity (Wildman–Crippen MR) is 96.3 cm³/mol. The maximum atomic E-state index is 13.2. The zero-order chi connectivity index (χ0) is 19.8. The molecule has 0 unspecified atom stereocenters. The van der Waals surface area contributed by atoms with Crippen molar-refractivity contribution in [3.05, 3.63) is 69.0 Å². The quantitative estimate of drug-likeness (QED) is 0.597. The zero-order valence-corrected chi connectivity index (χ0v) is 14.2. The van der Waals surface area contributed by atoms with E-state index in [2.05, 4.69) is 4.98 Å². The van der Waals surface area contributed by atoms with Crippen LogP contribution in [0, 0.1) is 11.3 Å².